The van der Waals surface area contributed by atoms with E-state index in [-0.39, 0.29) is 22.9 Å². The molecular formula is C18H19ClN2O4. The van der Waals surface area contributed by atoms with Gasteiger partial charge < -0.3 is 15.7 Å². The topological polar surface area (TPSA) is 95.5 Å². The minimum Gasteiger partial charge on any atom is -0.481 e. The van der Waals surface area contributed by atoms with Crippen molar-refractivity contribution < 1.29 is 19.5 Å². The molecule has 2 atom stereocenters. The fourth-order valence-electron chi connectivity index (χ4n) is 2.88. The highest BCUT2D eigenvalue weighted by atomic mass is 35.5. The molecule has 0 saturated heterocycles. The zero-order valence-electron chi connectivity index (χ0n) is 13.5. The summed E-state index contributed by atoms with van der Waals surface area (Å²) in [5.41, 5.74) is 0.798. The van der Waals surface area contributed by atoms with Crippen molar-refractivity contribution in [1.82, 2.24) is 5.32 Å². The number of rotatable bonds is 5. The Morgan fingerprint density at radius 2 is 1.76 bits per heavy atom. The van der Waals surface area contributed by atoms with Crippen LogP contribution in [0.5, 0.6) is 0 Å². The molecule has 3 rings (SSSR count). The first-order valence-electron chi connectivity index (χ1n) is 8.25. The molecule has 1 saturated carbocycles. The number of nitrogens with one attached hydrogen (secondary N) is 2. The van der Waals surface area contributed by atoms with Crippen LogP contribution in [-0.4, -0.2) is 28.9 Å². The number of amides is 2. The average Bonchev–Trinajstić information content (AvgIpc) is 3.38. The predicted molar refractivity (Wildman–Crippen MR) is 93.6 cm³/mol. The van der Waals surface area contributed by atoms with Crippen LogP contribution >= 0.6 is 11.6 Å². The van der Waals surface area contributed by atoms with E-state index < -0.39 is 17.8 Å². The molecule has 3 N–H and O–H groups in total. The maximum Gasteiger partial charge on any atom is 0.307 e. The molecule has 2 aliphatic carbocycles. The molecule has 0 radical (unpaired) electrons. The summed E-state index contributed by atoms with van der Waals surface area (Å²) in [5, 5.41) is 15.1. The van der Waals surface area contributed by atoms with Gasteiger partial charge in [0.1, 0.15) is 0 Å². The van der Waals surface area contributed by atoms with Crippen LogP contribution in [0, 0.1) is 11.8 Å². The Hall–Kier alpha value is -2.34. The Kier molecular flexibility index (Phi) is 5.08. The summed E-state index contributed by atoms with van der Waals surface area (Å²) in [4.78, 5) is 35.8. The first kappa shape index (κ1) is 17.5. The van der Waals surface area contributed by atoms with Crippen LogP contribution in [0.3, 0.4) is 0 Å². The second-order valence-corrected chi connectivity index (χ2v) is 6.83. The number of carboxylic acids is 1. The third-order valence-corrected chi connectivity index (χ3v) is 4.79. The van der Waals surface area contributed by atoms with Gasteiger partial charge in [-0.05, 0) is 43.9 Å². The lowest BCUT2D eigenvalue weighted by Gasteiger charge is -2.24. The summed E-state index contributed by atoms with van der Waals surface area (Å²) < 4.78 is 0. The number of benzene rings is 1. The highest BCUT2D eigenvalue weighted by molar-refractivity contribution is 6.34. The monoisotopic (exact) mass is 362 g/mol. The number of carbonyl (C=O) groups excluding carboxylic acids is 2. The van der Waals surface area contributed by atoms with Gasteiger partial charge in [0.15, 0.2) is 0 Å². The smallest absolute Gasteiger partial charge is 0.307 e. The van der Waals surface area contributed by atoms with E-state index in [2.05, 4.69) is 10.6 Å². The van der Waals surface area contributed by atoms with Gasteiger partial charge in [0.05, 0.1) is 22.4 Å². The fraction of sp³-hybridized carbons (Fsp3) is 0.389. The third-order valence-electron chi connectivity index (χ3n) is 4.48. The van der Waals surface area contributed by atoms with Crippen molar-refractivity contribution in [3.8, 4) is 0 Å². The molecule has 7 heteroatoms. The minimum absolute atomic E-state index is 0.228. The van der Waals surface area contributed by atoms with E-state index in [9.17, 15) is 19.5 Å². The van der Waals surface area contributed by atoms with E-state index in [1.165, 1.54) is 6.07 Å². The Bertz CT molecular complexity index is 743. The summed E-state index contributed by atoms with van der Waals surface area (Å²) in [7, 11) is 0. The second-order valence-electron chi connectivity index (χ2n) is 6.43. The maximum atomic E-state index is 12.4. The lowest BCUT2D eigenvalue weighted by Crippen LogP contribution is -2.34. The van der Waals surface area contributed by atoms with Gasteiger partial charge in [0.25, 0.3) is 5.91 Å². The standard InChI is InChI=1S/C18H19ClN2O4/c19-15-9-11(7-8-14(15)17(23)20-10-5-6-10)21-16(22)12-3-1-2-4-13(12)18(24)25/h1-2,7-10,12-13H,3-6H2,(H,20,23)(H,21,22)(H,24,25)/t12-,13+/m0/s1. The Labute approximate surface area is 150 Å². The zero-order valence-corrected chi connectivity index (χ0v) is 14.3. The van der Waals surface area contributed by atoms with E-state index in [1.54, 1.807) is 18.2 Å². The van der Waals surface area contributed by atoms with Crippen LogP contribution in [0.25, 0.3) is 0 Å². The van der Waals surface area contributed by atoms with Crippen LogP contribution in [-0.2, 0) is 9.59 Å². The molecular weight excluding hydrogens is 344 g/mol. The molecule has 6 nitrogen and oxygen atoms in total. The van der Waals surface area contributed by atoms with Crippen molar-refractivity contribution >= 4 is 35.1 Å². The fourth-order valence-corrected chi connectivity index (χ4v) is 3.15. The molecule has 0 heterocycles. The molecule has 0 spiro atoms. The quantitative estimate of drug-likeness (QED) is 0.702. The molecule has 0 aromatic heterocycles. The third kappa shape index (κ3) is 4.20. The zero-order chi connectivity index (χ0) is 18.0. The normalized spacial score (nSPS) is 22.3. The number of anilines is 1. The van der Waals surface area contributed by atoms with Gasteiger partial charge in [-0.15, -0.1) is 0 Å². The van der Waals surface area contributed by atoms with Crippen LogP contribution < -0.4 is 10.6 Å². The molecule has 2 amide bonds. The Morgan fingerprint density at radius 1 is 1.08 bits per heavy atom. The average molecular weight is 363 g/mol. The molecule has 0 aliphatic heterocycles. The lowest BCUT2D eigenvalue weighted by atomic mass is 9.82. The summed E-state index contributed by atoms with van der Waals surface area (Å²) in [6.45, 7) is 0. The number of aliphatic carboxylic acids is 1. The summed E-state index contributed by atoms with van der Waals surface area (Å²) in [6.07, 6.45) is 6.30. The van der Waals surface area contributed by atoms with E-state index in [0.717, 1.165) is 12.8 Å². The Balaban J connectivity index is 1.68. The first-order valence-corrected chi connectivity index (χ1v) is 8.62. The summed E-state index contributed by atoms with van der Waals surface area (Å²) in [6, 6.07) is 4.90. The molecule has 0 bridgehead atoms. The van der Waals surface area contributed by atoms with Crippen LogP contribution in [0.15, 0.2) is 30.4 Å². The number of carbonyl (C=O) groups is 3. The molecule has 0 unspecified atom stereocenters. The van der Waals surface area contributed by atoms with Crippen molar-refractivity contribution in [2.45, 2.75) is 31.7 Å². The molecule has 2 aliphatic rings. The summed E-state index contributed by atoms with van der Waals surface area (Å²) in [5.74, 6) is -2.92. The van der Waals surface area contributed by atoms with Gasteiger partial charge in [-0.3, -0.25) is 14.4 Å². The molecule has 1 aromatic rings. The van der Waals surface area contributed by atoms with E-state index in [0.29, 0.717) is 24.1 Å². The highest BCUT2D eigenvalue weighted by Crippen LogP contribution is 2.28. The van der Waals surface area contributed by atoms with Gasteiger partial charge in [-0.2, -0.15) is 0 Å². The largest absolute Gasteiger partial charge is 0.481 e. The van der Waals surface area contributed by atoms with Crippen LogP contribution in [0.2, 0.25) is 5.02 Å². The van der Waals surface area contributed by atoms with Gasteiger partial charge >= 0.3 is 5.97 Å². The second kappa shape index (κ2) is 7.27. The predicted octanol–water partition coefficient (Wildman–Crippen LogP) is 2.84. The van der Waals surface area contributed by atoms with Crippen molar-refractivity contribution in [3.63, 3.8) is 0 Å². The number of allylic oxidation sites excluding steroid dienone is 2. The molecule has 1 fully saturated rings. The first-order chi connectivity index (χ1) is 12.0. The van der Waals surface area contributed by atoms with Gasteiger partial charge in [0, 0.05) is 11.7 Å². The van der Waals surface area contributed by atoms with Crippen LogP contribution in [0.4, 0.5) is 5.69 Å². The van der Waals surface area contributed by atoms with E-state index >= 15 is 0 Å². The van der Waals surface area contributed by atoms with E-state index in [1.807, 2.05) is 6.08 Å². The molecule has 25 heavy (non-hydrogen) atoms. The molecule has 1 aromatic carbocycles. The lowest BCUT2D eigenvalue weighted by molar-refractivity contribution is -0.146. The summed E-state index contributed by atoms with van der Waals surface area (Å²) >= 11 is 6.16. The number of carboxylic acid groups (broad SMARTS) is 1. The van der Waals surface area contributed by atoms with Crippen molar-refractivity contribution in [2.75, 3.05) is 5.32 Å². The number of halogens is 1. The van der Waals surface area contributed by atoms with Crippen molar-refractivity contribution in [2.24, 2.45) is 11.8 Å². The SMILES string of the molecule is O=C(NC1CC1)c1ccc(NC(=O)[C@H]2CC=CC[C@H]2C(=O)O)cc1Cl. The maximum absolute atomic E-state index is 12.4. The van der Waals surface area contributed by atoms with Crippen molar-refractivity contribution in [3.05, 3.63) is 40.9 Å². The molecule has 132 valence electrons. The van der Waals surface area contributed by atoms with Gasteiger partial charge in [-0.1, -0.05) is 23.8 Å². The van der Waals surface area contributed by atoms with Crippen molar-refractivity contribution in [1.29, 1.82) is 0 Å². The van der Waals surface area contributed by atoms with Crippen LogP contribution in [0.1, 0.15) is 36.0 Å². The number of hydrogen-bond acceptors (Lipinski definition) is 3. The highest BCUT2D eigenvalue weighted by Gasteiger charge is 2.34. The minimum atomic E-state index is -0.977. The Morgan fingerprint density at radius 3 is 2.36 bits per heavy atom. The van der Waals surface area contributed by atoms with Gasteiger partial charge in [0.2, 0.25) is 5.91 Å². The van der Waals surface area contributed by atoms with Gasteiger partial charge in [-0.25, -0.2) is 0 Å². The number of hydrogen-bond donors (Lipinski definition) is 3. The van der Waals surface area contributed by atoms with E-state index in [4.69, 9.17) is 11.6 Å².